The second-order valence-electron chi connectivity index (χ2n) is 4.79. The molecule has 0 radical (unpaired) electrons. The number of pyridine rings is 1. The molecule has 0 unspecified atom stereocenters. The lowest BCUT2D eigenvalue weighted by atomic mass is 10.1. The van der Waals surface area contributed by atoms with Crippen LogP contribution in [0, 0.1) is 0 Å². The summed E-state index contributed by atoms with van der Waals surface area (Å²) >= 11 is 1.78. The minimum Gasteiger partial charge on any atom is -0.369 e. The van der Waals surface area contributed by atoms with Gasteiger partial charge in [0.1, 0.15) is 0 Å². The van der Waals surface area contributed by atoms with Gasteiger partial charge in [-0.25, -0.2) is 0 Å². The molecule has 0 spiro atoms. The highest BCUT2D eigenvalue weighted by atomic mass is 32.1. The molecular weight excluding hydrogens is 266 g/mol. The Labute approximate surface area is 122 Å². The molecule has 3 nitrogen and oxygen atoms in total. The Kier molecular flexibility index (Phi) is 3.67. The molecule has 20 heavy (non-hydrogen) atoms. The first kappa shape index (κ1) is 13.1. The lowest BCUT2D eigenvalue weighted by molar-refractivity contribution is 0.933. The van der Waals surface area contributed by atoms with Crippen molar-refractivity contribution >= 4 is 27.9 Å². The molecule has 0 aliphatic carbocycles. The van der Waals surface area contributed by atoms with Crippen LogP contribution in [-0.2, 0) is 13.1 Å². The van der Waals surface area contributed by atoms with Gasteiger partial charge in [0.25, 0.3) is 0 Å². The molecule has 0 saturated heterocycles. The zero-order chi connectivity index (χ0) is 13.9. The first-order valence-corrected chi connectivity index (χ1v) is 7.48. The lowest BCUT2D eigenvalue weighted by Gasteiger charge is -2.21. The highest BCUT2D eigenvalue weighted by Gasteiger charge is 2.10. The molecule has 2 N–H and O–H groups in total. The first-order valence-electron chi connectivity index (χ1n) is 6.60. The van der Waals surface area contributed by atoms with Gasteiger partial charge in [-0.15, -0.1) is 11.3 Å². The maximum Gasteiger partial charge on any atom is 0.0726 e. The maximum atomic E-state index is 5.77. The van der Waals surface area contributed by atoms with Gasteiger partial charge in [-0.05, 0) is 23.6 Å². The Balaban J connectivity index is 2.04. The van der Waals surface area contributed by atoms with E-state index in [9.17, 15) is 0 Å². The third-order valence-electron chi connectivity index (χ3n) is 3.34. The maximum absolute atomic E-state index is 5.77. The number of aromatic nitrogens is 1. The van der Waals surface area contributed by atoms with Crippen LogP contribution < -0.4 is 10.6 Å². The number of hydrogen-bond donors (Lipinski definition) is 1. The summed E-state index contributed by atoms with van der Waals surface area (Å²) in [6.07, 6.45) is 0. The van der Waals surface area contributed by atoms with Gasteiger partial charge in [0.05, 0.1) is 17.8 Å². The third kappa shape index (κ3) is 2.53. The van der Waals surface area contributed by atoms with Crippen molar-refractivity contribution in [3.05, 3.63) is 58.4 Å². The van der Waals surface area contributed by atoms with Gasteiger partial charge in [-0.2, -0.15) is 0 Å². The quantitative estimate of drug-likeness (QED) is 0.798. The van der Waals surface area contributed by atoms with Crippen LogP contribution in [0.1, 0.15) is 10.6 Å². The van der Waals surface area contributed by atoms with Crippen LogP contribution in [0.5, 0.6) is 0 Å². The summed E-state index contributed by atoms with van der Waals surface area (Å²) in [5.41, 5.74) is 8.88. The number of hydrogen-bond acceptors (Lipinski definition) is 4. The van der Waals surface area contributed by atoms with Crippen molar-refractivity contribution in [1.29, 1.82) is 0 Å². The van der Waals surface area contributed by atoms with Gasteiger partial charge in [0, 0.05) is 29.5 Å². The summed E-state index contributed by atoms with van der Waals surface area (Å²) in [6.45, 7) is 1.36. The molecule has 0 bridgehead atoms. The normalized spacial score (nSPS) is 10.9. The van der Waals surface area contributed by atoms with Crippen molar-refractivity contribution in [2.24, 2.45) is 5.73 Å². The molecule has 0 amide bonds. The number of fused-ring (bicyclic) bond motifs is 1. The van der Waals surface area contributed by atoms with E-state index >= 15 is 0 Å². The highest BCUT2D eigenvalue weighted by molar-refractivity contribution is 7.09. The van der Waals surface area contributed by atoms with Gasteiger partial charge >= 0.3 is 0 Å². The minimum absolute atomic E-state index is 0.463. The topological polar surface area (TPSA) is 42.1 Å². The molecule has 2 aromatic heterocycles. The van der Waals surface area contributed by atoms with Gasteiger partial charge < -0.3 is 10.6 Å². The fourth-order valence-corrected chi connectivity index (χ4v) is 3.11. The van der Waals surface area contributed by atoms with Crippen LogP contribution >= 0.6 is 11.3 Å². The van der Waals surface area contributed by atoms with Gasteiger partial charge in [0.15, 0.2) is 0 Å². The summed E-state index contributed by atoms with van der Waals surface area (Å²) in [7, 11) is 2.11. The Bertz CT molecular complexity index is 707. The summed E-state index contributed by atoms with van der Waals surface area (Å²) in [4.78, 5) is 8.19. The zero-order valence-electron chi connectivity index (χ0n) is 11.4. The molecule has 0 aliphatic rings. The van der Waals surface area contributed by atoms with Crippen LogP contribution in [0.25, 0.3) is 10.9 Å². The highest BCUT2D eigenvalue weighted by Crippen LogP contribution is 2.27. The molecule has 4 heteroatoms. The standard InChI is InChI=1S/C16H17N3S/c1-19(11-13-5-4-8-20-13)16-9-12(10-17)18-15-7-3-2-6-14(15)16/h2-9H,10-11,17H2,1H3. The summed E-state index contributed by atoms with van der Waals surface area (Å²) in [5, 5.41) is 3.28. The molecule has 0 atom stereocenters. The molecule has 2 heterocycles. The van der Waals surface area contributed by atoms with E-state index in [1.165, 1.54) is 16.0 Å². The Hall–Kier alpha value is -1.91. The predicted octanol–water partition coefficient (Wildman–Crippen LogP) is 3.39. The smallest absolute Gasteiger partial charge is 0.0726 e. The number of nitrogens with zero attached hydrogens (tertiary/aromatic N) is 2. The van der Waals surface area contributed by atoms with Crippen molar-refractivity contribution in [2.45, 2.75) is 13.1 Å². The van der Waals surface area contributed by atoms with E-state index in [1.54, 1.807) is 11.3 Å². The third-order valence-corrected chi connectivity index (χ3v) is 4.20. The SMILES string of the molecule is CN(Cc1cccs1)c1cc(CN)nc2ccccc12. The molecule has 3 rings (SSSR count). The summed E-state index contributed by atoms with van der Waals surface area (Å²) in [6, 6.07) is 14.6. The average Bonchev–Trinajstić information content (AvgIpc) is 2.98. The molecule has 102 valence electrons. The Morgan fingerprint density at radius 2 is 2.05 bits per heavy atom. The molecule has 0 fully saturated rings. The van der Waals surface area contributed by atoms with E-state index in [2.05, 4.69) is 52.6 Å². The molecule has 3 aromatic rings. The fraction of sp³-hybridized carbons (Fsp3) is 0.188. The van der Waals surface area contributed by atoms with Gasteiger partial charge in [-0.3, -0.25) is 4.98 Å². The number of rotatable bonds is 4. The molecular formula is C16H17N3S. The van der Waals surface area contributed by atoms with Crippen LogP contribution in [0.4, 0.5) is 5.69 Å². The molecule has 0 aliphatic heterocycles. The number of benzene rings is 1. The summed E-state index contributed by atoms with van der Waals surface area (Å²) in [5.74, 6) is 0. The van der Waals surface area contributed by atoms with Crippen molar-refractivity contribution in [3.8, 4) is 0 Å². The van der Waals surface area contributed by atoms with Crippen LogP contribution in [0.2, 0.25) is 0 Å². The lowest BCUT2D eigenvalue weighted by Crippen LogP contribution is -2.17. The number of thiophene rings is 1. The largest absolute Gasteiger partial charge is 0.369 e. The van der Waals surface area contributed by atoms with Crippen molar-refractivity contribution in [1.82, 2.24) is 4.98 Å². The van der Waals surface area contributed by atoms with E-state index in [0.29, 0.717) is 6.54 Å². The van der Waals surface area contributed by atoms with Gasteiger partial charge in [-0.1, -0.05) is 24.3 Å². The van der Waals surface area contributed by atoms with Crippen molar-refractivity contribution in [3.63, 3.8) is 0 Å². The predicted molar refractivity (Wildman–Crippen MR) is 86.1 cm³/mol. The zero-order valence-corrected chi connectivity index (χ0v) is 12.2. The Morgan fingerprint density at radius 1 is 1.20 bits per heavy atom. The summed E-state index contributed by atoms with van der Waals surface area (Å²) < 4.78 is 0. The van der Waals surface area contributed by atoms with E-state index < -0.39 is 0 Å². The van der Waals surface area contributed by atoms with E-state index in [-0.39, 0.29) is 0 Å². The minimum atomic E-state index is 0.463. The molecule has 1 aromatic carbocycles. The van der Waals surface area contributed by atoms with E-state index in [4.69, 9.17) is 5.73 Å². The van der Waals surface area contributed by atoms with Crippen molar-refractivity contribution < 1.29 is 0 Å². The van der Waals surface area contributed by atoms with Crippen LogP contribution in [-0.4, -0.2) is 12.0 Å². The van der Waals surface area contributed by atoms with Gasteiger partial charge in [0.2, 0.25) is 0 Å². The van der Waals surface area contributed by atoms with Crippen LogP contribution in [0.15, 0.2) is 47.8 Å². The second-order valence-corrected chi connectivity index (χ2v) is 5.82. The van der Waals surface area contributed by atoms with Crippen LogP contribution in [0.3, 0.4) is 0 Å². The second kappa shape index (κ2) is 5.61. The van der Waals surface area contributed by atoms with E-state index in [0.717, 1.165) is 17.8 Å². The van der Waals surface area contributed by atoms with E-state index in [1.807, 2.05) is 12.1 Å². The average molecular weight is 283 g/mol. The van der Waals surface area contributed by atoms with Crippen molar-refractivity contribution in [2.75, 3.05) is 11.9 Å². The number of nitrogens with two attached hydrogens (primary N) is 1. The molecule has 0 saturated carbocycles. The number of anilines is 1. The Morgan fingerprint density at radius 3 is 2.80 bits per heavy atom. The fourth-order valence-electron chi connectivity index (χ4n) is 2.35. The number of para-hydroxylation sites is 1. The monoisotopic (exact) mass is 283 g/mol. The first-order chi connectivity index (χ1) is 9.78.